The van der Waals surface area contributed by atoms with Gasteiger partial charge in [0.2, 0.25) is 0 Å². The average molecular weight is 427 g/mol. The molecule has 3 aromatic rings. The summed E-state index contributed by atoms with van der Waals surface area (Å²) >= 11 is 0. The predicted molar refractivity (Wildman–Crippen MR) is 133 cm³/mol. The average Bonchev–Trinajstić information content (AvgIpc) is 3.11. The number of rotatable bonds is 8. The van der Waals surface area contributed by atoms with Crippen LogP contribution in [0.15, 0.2) is 54.6 Å². The molecule has 0 aromatic heterocycles. The Hall–Kier alpha value is -2.87. The number of fused-ring (bicyclic) bond motifs is 1. The van der Waals surface area contributed by atoms with Gasteiger partial charge in [-0.05, 0) is 78.1 Å². The van der Waals surface area contributed by atoms with Gasteiger partial charge in [-0.15, -0.1) is 0 Å². The van der Waals surface area contributed by atoms with Gasteiger partial charge in [0.25, 0.3) is 0 Å². The van der Waals surface area contributed by atoms with Crippen LogP contribution in [-0.4, -0.2) is 5.97 Å². The molecule has 0 radical (unpaired) electrons. The first-order chi connectivity index (χ1) is 15.6. The van der Waals surface area contributed by atoms with Crippen LogP contribution in [0.25, 0.3) is 22.3 Å². The summed E-state index contributed by atoms with van der Waals surface area (Å²) in [5.41, 5.74) is 9.87. The molecule has 0 saturated carbocycles. The van der Waals surface area contributed by atoms with Crippen molar-refractivity contribution >= 4 is 5.97 Å². The van der Waals surface area contributed by atoms with Crippen molar-refractivity contribution in [3.63, 3.8) is 0 Å². The Kier molecular flexibility index (Phi) is 6.79. The standard InChI is InChI=1S/C30H34O2/c1-5-7-15-24-28(23-18-12-10-14-21(23)4)26(22-17-11-9-13-20(22)3)19-27-29(24)25(16-8-6-2)30(31)32-27/h9-14,17-19,25H,5-8,15-16H2,1-4H3. The van der Waals surface area contributed by atoms with Crippen molar-refractivity contribution in [3.05, 3.63) is 76.9 Å². The van der Waals surface area contributed by atoms with Crippen LogP contribution >= 0.6 is 0 Å². The lowest BCUT2D eigenvalue weighted by Gasteiger charge is -2.22. The summed E-state index contributed by atoms with van der Waals surface area (Å²) in [6, 6.07) is 19.3. The van der Waals surface area contributed by atoms with E-state index in [4.69, 9.17) is 4.74 Å². The second kappa shape index (κ2) is 9.73. The Balaban J connectivity index is 2.06. The van der Waals surface area contributed by atoms with Crippen molar-refractivity contribution in [1.29, 1.82) is 0 Å². The van der Waals surface area contributed by atoms with Crippen molar-refractivity contribution in [2.24, 2.45) is 0 Å². The highest BCUT2D eigenvalue weighted by molar-refractivity contribution is 5.95. The fourth-order valence-corrected chi connectivity index (χ4v) is 5.02. The largest absolute Gasteiger partial charge is 0.426 e. The van der Waals surface area contributed by atoms with Gasteiger partial charge >= 0.3 is 5.97 Å². The summed E-state index contributed by atoms with van der Waals surface area (Å²) in [5.74, 6) is 0.548. The number of hydrogen-bond donors (Lipinski definition) is 0. The highest BCUT2D eigenvalue weighted by Gasteiger charge is 2.37. The number of aryl methyl sites for hydroxylation is 2. The van der Waals surface area contributed by atoms with Crippen molar-refractivity contribution in [1.82, 2.24) is 0 Å². The molecule has 1 atom stereocenters. The van der Waals surface area contributed by atoms with Gasteiger partial charge in [-0.3, -0.25) is 4.79 Å². The fraction of sp³-hybridized carbons (Fsp3) is 0.367. The molecule has 1 heterocycles. The molecule has 0 saturated heterocycles. The van der Waals surface area contributed by atoms with E-state index in [0.29, 0.717) is 0 Å². The third-order valence-electron chi connectivity index (χ3n) is 6.76. The molecule has 0 N–H and O–H groups in total. The zero-order valence-corrected chi connectivity index (χ0v) is 19.8. The van der Waals surface area contributed by atoms with Crippen molar-refractivity contribution in [2.45, 2.75) is 72.1 Å². The Morgan fingerprint density at radius 2 is 1.44 bits per heavy atom. The van der Waals surface area contributed by atoms with E-state index in [1.165, 1.54) is 38.9 Å². The van der Waals surface area contributed by atoms with E-state index in [1.54, 1.807) is 0 Å². The van der Waals surface area contributed by atoms with Crippen LogP contribution in [0, 0.1) is 13.8 Å². The zero-order chi connectivity index (χ0) is 22.7. The molecule has 0 amide bonds. The normalized spacial score (nSPS) is 15.0. The lowest BCUT2D eigenvalue weighted by molar-refractivity contribution is -0.134. The second-order valence-electron chi connectivity index (χ2n) is 9.04. The van der Waals surface area contributed by atoms with Crippen LogP contribution in [0.2, 0.25) is 0 Å². The van der Waals surface area contributed by atoms with Crippen LogP contribution in [0.1, 0.15) is 74.1 Å². The Morgan fingerprint density at radius 3 is 2.06 bits per heavy atom. The van der Waals surface area contributed by atoms with Crippen LogP contribution in [0.5, 0.6) is 5.75 Å². The molecule has 0 spiro atoms. The van der Waals surface area contributed by atoms with E-state index in [1.807, 2.05) is 0 Å². The number of carbonyl (C=O) groups is 1. The van der Waals surface area contributed by atoms with E-state index in [9.17, 15) is 4.79 Å². The van der Waals surface area contributed by atoms with E-state index >= 15 is 0 Å². The van der Waals surface area contributed by atoms with Crippen molar-refractivity contribution in [3.8, 4) is 28.0 Å². The first-order valence-corrected chi connectivity index (χ1v) is 12.1. The van der Waals surface area contributed by atoms with E-state index < -0.39 is 0 Å². The maximum atomic E-state index is 13.0. The molecule has 2 heteroatoms. The van der Waals surface area contributed by atoms with Gasteiger partial charge in [0, 0.05) is 5.56 Å². The molecule has 1 aliphatic heterocycles. The first-order valence-electron chi connectivity index (χ1n) is 12.1. The molecule has 32 heavy (non-hydrogen) atoms. The lowest BCUT2D eigenvalue weighted by atomic mass is 9.80. The predicted octanol–water partition coefficient (Wildman–Crippen LogP) is 8.17. The van der Waals surface area contributed by atoms with Crippen LogP contribution in [0.4, 0.5) is 0 Å². The highest BCUT2D eigenvalue weighted by atomic mass is 16.5. The van der Waals surface area contributed by atoms with Gasteiger partial charge in [-0.2, -0.15) is 0 Å². The van der Waals surface area contributed by atoms with Crippen molar-refractivity contribution in [2.75, 3.05) is 0 Å². The van der Waals surface area contributed by atoms with Gasteiger partial charge in [-0.1, -0.05) is 81.6 Å². The summed E-state index contributed by atoms with van der Waals surface area (Å²) in [7, 11) is 0. The molecule has 0 bridgehead atoms. The minimum absolute atomic E-state index is 0.0798. The lowest BCUT2D eigenvalue weighted by Crippen LogP contribution is -2.11. The Bertz CT molecular complexity index is 1130. The topological polar surface area (TPSA) is 26.3 Å². The zero-order valence-electron chi connectivity index (χ0n) is 19.8. The molecule has 2 nitrogen and oxygen atoms in total. The summed E-state index contributed by atoms with van der Waals surface area (Å²) < 4.78 is 5.92. The van der Waals surface area contributed by atoms with Crippen LogP contribution < -0.4 is 4.74 Å². The number of carbonyl (C=O) groups excluding carboxylic acids is 1. The minimum atomic E-state index is -0.148. The SMILES string of the molecule is CCCCc1c(-c2ccccc2C)c(-c2ccccc2C)cc2c1C(CCCC)C(=O)O2. The van der Waals surface area contributed by atoms with Gasteiger partial charge in [0.05, 0.1) is 5.92 Å². The monoisotopic (exact) mass is 426 g/mol. The van der Waals surface area contributed by atoms with Gasteiger partial charge < -0.3 is 4.74 Å². The number of hydrogen-bond acceptors (Lipinski definition) is 2. The molecular formula is C30H34O2. The van der Waals surface area contributed by atoms with E-state index in [-0.39, 0.29) is 11.9 Å². The van der Waals surface area contributed by atoms with E-state index in [2.05, 4.69) is 82.3 Å². The maximum Gasteiger partial charge on any atom is 0.318 e. The smallest absolute Gasteiger partial charge is 0.318 e. The van der Waals surface area contributed by atoms with E-state index in [0.717, 1.165) is 49.8 Å². The molecule has 1 aliphatic rings. The van der Waals surface area contributed by atoms with Crippen LogP contribution in [0.3, 0.4) is 0 Å². The third-order valence-corrected chi connectivity index (χ3v) is 6.76. The second-order valence-corrected chi connectivity index (χ2v) is 9.04. The molecular weight excluding hydrogens is 392 g/mol. The Morgan fingerprint density at radius 1 is 0.812 bits per heavy atom. The summed E-state index contributed by atoms with van der Waals surface area (Å²) in [5, 5.41) is 0. The minimum Gasteiger partial charge on any atom is -0.426 e. The maximum absolute atomic E-state index is 13.0. The molecule has 3 aromatic carbocycles. The first kappa shape index (κ1) is 22.3. The molecule has 0 aliphatic carbocycles. The Labute approximate surface area is 192 Å². The molecule has 166 valence electrons. The van der Waals surface area contributed by atoms with Gasteiger partial charge in [0.15, 0.2) is 0 Å². The molecule has 1 unspecified atom stereocenters. The summed E-state index contributed by atoms with van der Waals surface area (Å²) in [6.07, 6.45) is 6.14. The summed E-state index contributed by atoms with van der Waals surface area (Å²) in [6.45, 7) is 8.75. The number of esters is 1. The third kappa shape index (κ3) is 4.11. The summed E-state index contributed by atoms with van der Waals surface area (Å²) in [4.78, 5) is 13.0. The number of unbranched alkanes of at least 4 members (excludes halogenated alkanes) is 2. The number of ether oxygens (including phenoxy) is 1. The van der Waals surface area contributed by atoms with Crippen LogP contribution in [-0.2, 0) is 11.2 Å². The van der Waals surface area contributed by atoms with Gasteiger partial charge in [-0.25, -0.2) is 0 Å². The quantitative estimate of drug-likeness (QED) is 0.268. The van der Waals surface area contributed by atoms with Gasteiger partial charge in [0.1, 0.15) is 5.75 Å². The highest BCUT2D eigenvalue weighted by Crippen LogP contribution is 2.49. The molecule has 0 fully saturated rings. The molecule has 4 rings (SSSR count). The number of benzene rings is 3. The van der Waals surface area contributed by atoms with Crippen molar-refractivity contribution < 1.29 is 9.53 Å². The fourth-order valence-electron chi connectivity index (χ4n) is 5.02.